The first-order chi connectivity index (χ1) is 15.7. The van der Waals surface area contributed by atoms with Crippen LogP contribution in [-0.4, -0.2) is 98.7 Å². The maximum atomic E-state index is 12.9. The van der Waals surface area contributed by atoms with Gasteiger partial charge in [-0.3, -0.25) is 14.4 Å². The van der Waals surface area contributed by atoms with Crippen LogP contribution in [0.2, 0.25) is 0 Å². The van der Waals surface area contributed by atoms with Crippen LogP contribution in [0.1, 0.15) is 18.5 Å². The lowest BCUT2D eigenvalue weighted by Crippen LogP contribution is -2.58. The zero-order valence-corrected chi connectivity index (χ0v) is 20.2. The normalized spacial score (nSPS) is 14.5. The summed E-state index contributed by atoms with van der Waals surface area (Å²) in [5.41, 5.74) is 6.44. The number of carboxylic acid groups (broad SMARTS) is 1. The fourth-order valence-electron chi connectivity index (χ4n) is 2.71. The van der Waals surface area contributed by atoms with Crippen molar-refractivity contribution in [3.05, 3.63) is 18.2 Å². The number of rotatable bonds is 16. The van der Waals surface area contributed by atoms with E-state index < -0.39 is 54.5 Å². The molecule has 3 amide bonds. The van der Waals surface area contributed by atoms with Gasteiger partial charge < -0.3 is 36.9 Å². The second-order valence-corrected chi connectivity index (χ2v) is 9.13. The minimum absolute atomic E-state index is 0.0397. The highest BCUT2D eigenvalue weighted by Gasteiger charge is 2.30. The van der Waals surface area contributed by atoms with Crippen molar-refractivity contribution in [2.24, 2.45) is 5.73 Å². The molecule has 186 valence electrons. The van der Waals surface area contributed by atoms with Crippen molar-refractivity contribution in [3.8, 4) is 0 Å². The van der Waals surface area contributed by atoms with E-state index in [0.29, 0.717) is 23.6 Å². The SMILES string of the molecule is CSCCC(N)C(=O)NC(Cc1cnc[nH]1)C(=O)NC(CO)C(=O)NC(CCSC)C(=O)O. The molecular formula is C19H32N6O6S2. The van der Waals surface area contributed by atoms with Crippen LogP contribution in [0.5, 0.6) is 0 Å². The molecule has 0 aromatic carbocycles. The van der Waals surface area contributed by atoms with Crippen LogP contribution < -0.4 is 21.7 Å². The van der Waals surface area contributed by atoms with Crippen molar-refractivity contribution >= 4 is 47.2 Å². The second-order valence-electron chi connectivity index (χ2n) is 7.15. The number of nitrogens with zero attached hydrogens (tertiary/aromatic N) is 1. The Morgan fingerprint density at radius 1 is 1.00 bits per heavy atom. The van der Waals surface area contributed by atoms with Crippen molar-refractivity contribution in [1.82, 2.24) is 25.9 Å². The Bertz CT molecular complexity index is 766. The molecule has 14 heteroatoms. The molecule has 0 aliphatic carbocycles. The summed E-state index contributed by atoms with van der Waals surface area (Å²) in [5, 5.41) is 26.2. The number of imidazole rings is 1. The first kappa shape index (κ1) is 28.7. The van der Waals surface area contributed by atoms with Crippen LogP contribution in [0, 0.1) is 0 Å². The lowest BCUT2D eigenvalue weighted by molar-refractivity contribution is -0.142. The summed E-state index contributed by atoms with van der Waals surface area (Å²) in [5.74, 6) is -2.16. The summed E-state index contributed by atoms with van der Waals surface area (Å²) in [6.07, 6.45) is 7.23. The Morgan fingerprint density at radius 2 is 1.58 bits per heavy atom. The summed E-state index contributed by atoms with van der Waals surface area (Å²) in [6.45, 7) is -0.760. The average Bonchev–Trinajstić information content (AvgIpc) is 3.30. The Hall–Kier alpha value is -2.29. The molecule has 0 radical (unpaired) electrons. The minimum Gasteiger partial charge on any atom is -0.480 e. The fourth-order valence-corrected chi connectivity index (χ4v) is 3.67. The van der Waals surface area contributed by atoms with Gasteiger partial charge in [0.15, 0.2) is 0 Å². The number of aliphatic hydroxyl groups is 1. The quantitative estimate of drug-likeness (QED) is 0.136. The number of H-pyrrole nitrogens is 1. The lowest BCUT2D eigenvalue weighted by Gasteiger charge is -2.24. The van der Waals surface area contributed by atoms with Gasteiger partial charge in [-0.05, 0) is 36.9 Å². The van der Waals surface area contributed by atoms with Gasteiger partial charge >= 0.3 is 5.97 Å². The summed E-state index contributed by atoms with van der Waals surface area (Å²) in [4.78, 5) is 55.9. The molecule has 0 aliphatic rings. The van der Waals surface area contributed by atoms with Gasteiger partial charge in [-0.15, -0.1) is 0 Å². The highest BCUT2D eigenvalue weighted by atomic mass is 32.2. The zero-order valence-electron chi connectivity index (χ0n) is 18.6. The van der Waals surface area contributed by atoms with Gasteiger partial charge in [-0.25, -0.2) is 9.78 Å². The first-order valence-electron chi connectivity index (χ1n) is 10.2. The number of hydrogen-bond donors (Lipinski definition) is 7. The van der Waals surface area contributed by atoms with Crippen LogP contribution in [-0.2, 0) is 25.6 Å². The number of nitrogens with two attached hydrogens (primary N) is 1. The van der Waals surface area contributed by atoms with E-state index >= 15 is 0 Å². The number of carbonyl (C=O) groups is 4. The lowest BCUT2D eigenvalue weighted by atomic mass is 10.1. The average molecular weight is 505 g/mol. The number of carbonyl (C=O) groups excluding carboxylic acids is 3. The van der Waals surface area contributed by atoms with Gasteiger partial charge in [0.25, 0.3) is 0 Å². The summed E-state index contributed by atoms with van der Waals surface area (Å²) in [6, 6.07) is -4.49. The molecule has 8 N–H and O–H groups in total. The van der Waals surface area contributed by atoms with Gasteiger partial charge in [-0.2, -0.15) is 23.5 Å². The molecule has 1 heterocycles. The number of thioether (sulfide) groups is 2. The van der Waals surface area contributed by atoms with E-state index in [1.165, 1.54) is 36.0 Å². The molecular weight excluding hydrogens is 472 g/mol. The molecule has 0 bridgehead atoms. The summed E-state index contributed by atoms with van der Waals surface area (Å²) < 4.78 is 0. The first-order valence-corrected chi connectivity index (χ1v) is 13.0. The third-order valence-electron chi connectivity index (χ3n) is 4.62. The highest BCUT2D eigenvalue weighted by Crippen LogP contribution is 2.04. The number of aromatic nitrogens is 2. The van der Waals surface area contributed by atoms with Crippen LogP contribution in [0.25, 0.3) is 0 Å². The topological polar surface area (TPSA) is 200 Å². The monoisotopic (exact) mass is 504 g/mol. The fraction of sp³-hybridized carbons (Fsp3) is 0.632. The molecule has 0 spiro atoms. The zero-order chi connectivity index (χ0) is 24.8. The molecule has 0 saturated heterocycles. The van der Waals surface area contributed by atoms with Gasteiger partial charge in [-0.1, -0.05) is 0 Å². The van der Waals surface area contributed by atoms with Crippen LogP contribution in [0.3, 0.4) is 0 Å². The summed E-state index contributed by atoms with van der Waals surface area (Å²) in [7, 11) is 0. The van der Waals surface area contributed by atoms with Crippen molar-refractivity contribution < 1.29 is 29.4 Å². The smallest absolute Gasteiger partial charge is 0.326 e. The maximum absolute atomic E-state index is 12.9. The number of aliphatic hydroxyl groups excluding tert-OH is 1. The van der Waals surface area contributed by atoms with E-state index in [1.54, 1.807) is 6.26 Å². The van der Waals surface area contributed by atoms with E-state index in [4.69, 9.17) is 5.73 Å². The number of aromatic amines is 1. The maximum Gasteiger partial charge on any atom is 0.326 e. The summed E-state index contributed by atoms with van der Waals surface area (Å²) >= 11 is 2.96. The molecule has 0 aliphatic heterocycles. The molecule has 1 rings (SSSR count). The molecule has 1 aromatic rings. The van der Waals surface area contributed by atoms with Crippen molar-refractivity contribution in [2.45, 2.75) is 43.4 Å². The Labute approximate surface area is 200 Å². The molecule has 1 aromatic heterocycles. The van der Waals surface area contributed by atoms with Crippen LogP contribution in [0.15, 0.2) is 12.5 Å². The van der Waals surface area contributed by atoms with Gasteiger partial charge in [0.2, 0.25) is 17.7 Å². The van der Waals surface area contributed by atoms with E-state index in [-0.39, 0.29) is 12.8 Å². The second kappa shape index (κ2) is 15.5. The molecule has 4 atom stereocenters. The predicted octanol–water partition coefficient (Wildman–Crippen LogP) is -1.68. The Balaban J connectivity index is 2.87. The largest absolute Gasteiger partial charge is 0.480 e. The number of hydrogen-bond acceptors (Lipinski definition) is 9. The molecule has 12 nitrogen and oxygen atoms in total. The standard InChI is InChI=1S/C19H32N6O6S2/c1-32-5-3-12(20)16(27)24-14(7-11-8-21-10-22-11)17(28)25-15(9-26)18(29)23-13(19(30)31)4-6-33-2/h8,10,12-15,26H,3-7,9,20H2,1-2H3,(H,21,22)(H,23,29)(H,24,27)(H,25,28)(H,30,31). The molecule has 4 unspecified atom stereocenters. The minimum atomic E-state index is -1.40. The number of amides is 3. The number of aliphatic carboxylic acids is 1. The molecule has 0 saturated carbocycles. The van der Waals surface area contributed by atoms with E-state index in [1.807, 2.05) is 6.26 Å². The van der Waals surface area contributed by atoms with Gasteiger partial charge in [0.1, 0.15) is 18.1 Å². The van der Waals surface area contributed by atoms with Crippen molar-refractivity contribution in [2.75, 3.05) is 30.6 Å². The number of nitrogens with one attached hydrogen (secondary N) is 4. The van der Waals surface area contributed by atoms with Crippen LogP contribution in [0.4, 0.5) is 0 Å². The highest BCUT2D eigenvalue weighted by molar-refractivity contribution is 7.98. The third-order valence-corrected chi connectivity index (χ3v) is 5.91. The van der Waals surface area contributed by atoms with Gasteiger partial charge in [0, 0.05) is 18.3 Å². The molecule has 0 fully saturated rings. The van der Waals surface area contributed by atoms with Crippen LogP contribution >= 0.6 is 23.5 Å². The Kier molecular flexibility index (Phi) is 13.5. The predicted molar refractivity (Wildman–Crippen MR) is 127 cm³/mol. The van der Waals surface area contributed by atoms with E-state index in [0.717, 1.165) is 0 Å². The van der Waals surface area contributed by atoms with Gasteiger partial charge in [0.05, 0.1) is 19.0 Å². The Morgan fingerprint density at radius 3 is 2.12 bits per heavy atom. The third kappa shape index (κ3) is 10.5. The van der Waals surface area contributed by atoms with Crippen molar-refractivity contribution in [1.29, 1.82) is 0 Å². The van der Waals surface area contributed by atoms with E-state index in [9.17, 15) is 29.4 Å². The number of carboxylic acids is 1. The van der Waals surface area contributed by atoms with E-state index in [2.05, 4.69) is 25.9 Å². The van der Waals surface area contributed by atoms with Crippen molar-refractivity contribution in [3.63, 3.8) is 0 Å². The molecule has 33 heavy (non-hydrogen) atoms.